The Kier molecular flexibility index (Phi) is 68.3. The summed E-state index contributed by atoms with van der Waals surface area (Å²) in [6.45, 7) is 4.86. The predicted octanol–water partition coefficient (Wildman–Crippen LogP) is 22.1. The van der Waals surface area contributed by atoms with Gasteiger partial charge in [-0.3, -0.25) is 37.3 Å². The van der Waals surface area contributed by atoms with Crippen molar-refractivity contribution in [1.82, 2.24) is 0 Å². The van der Waals surface area contributed by atoms with Crippen LogP contribution >= 0.6 is 15.6 Å². The largest absolute Gasteiger partial charge is 0.472 e. The molecule has 0 rings (SSSR count). The Morgan fingerprint density at radius 1 is 0.292 bits per heavy atom. The Morgan fingerprint density at radius 2 is 0.510 bits per heavy atom. The van der Waals surface area contributed by atoms with Gasteiger partial charge in [-0.25, -0.2) is 9.13 Å². The summed E-state index contributed by atoms with van der Waals surface area (Å²) in [6, 6.07) is 0. The normalized spacial score (nSPS) is 14.2. The molecule has 0 aliphatic rings. The first-order valence-electron chi connectivity index (χ1n) is 38.9. The summed E-state index contributed by atoms with van der Waals surface area (Å²) in [4.78, 5) is 72.8. The lowest BCUT2D eigenvalue weighted by molar-refractivity contribution is -0.161. The number of unbranched alkanes of at least 4 members (excludes halogenated alkanes) is 41. The number of ether oxygens (including phenoxy) is 4. The van der Waals surface area contributed by atoms with Crippen LogP contribution in [0.4, 0.5) is 0 Å². The van der Waals surface area contributed by atoms with Gasteiger partial charge in [-0.15, -0.1) is 0 Å². The summed E-state index contributed by atoms with van der Waals surface area (Å²) in [5.41, 5.74) is 0. The van der Waals surface area contributed by atoms with Gasteiger partial charge in [0.25, 0.3) is 0 Å². The molecular weight excluding hydrogens is 1260 g/mol. The number of phosphoric ester groups is 2. The van der Waals surface area contributed by atoms with Crippen LogP contribution in [0.1, 0.15) is 362 Å². The van der Waals surface area contributed by atoms with E-state index in [1.807, 2.05) is 0 Å². The summed E-state index contributed by atoms with van der Waals surface area (Å²) < 4.78 is 68.5. The molecule has 0 heterocycles. The number of hydrogen-bond acceptors (Lipinski definition) is 15. The highest BCUT2D eigenvalue weighted by Crippen LogP contribution is 2.45. The van der Waals surface area contributed by atoms with Crippen molar-refractivity contribution in [3.63, 3.8) is 0 Å². The molecule has 3 N–H and O–H groups in total. The maximum Gasteiger partial charge on any atom is 0.472 e. The van der Waals surface area contributed by atoms with E-state index in [0.29, 0.717) is 25.7 Å². The molecule has 2 unspecified atom stereocenters. The van der Waals surface area contributed by atoms with E-state index < -0.39 is 97.5 Å². The summed E-state index contributed by atoms with van der Waals surface area (Å²) in [7, 11) is -9.94. The second-order valence-corrected chi connectivity index (χ2v) is 29.2. The molecule has 0 aliphatic carbocycles. The molecule has 0 aromatic heterocycles. The molecule has 0 saturated heterocycles. The van der Waals surface area contributed by atoms with E-state index in [-0.39, 0.29) is 25.7 Å². The number of esters is 4. The third-order valence-electron chi connectivity index (χ3n) is 16.8. The van der Waals surface area contributed by atoms with Gasteiger partial charge in [0.15, 0.2) is 12.2 Å². The molecular formula is C77H142O17P2. The number of phosphoric acid groups is 2. The number of aliphatic hydroxyl groups excluding tert-OH is 1. The molecule has 0 amide bonds. The van der Waals surface area contributed by atoms with Gasteiger partial charge in [0, 0.05) is 25.7 Å². The molecule has 19 heteroatoms. The Labute approximate surface area is 585 Å². The lowest BCUT2D eigenvalue weighted by Crippen LogP contribution is -2.30. The first-order valence-corrected chi connectivity index (χ1v) is 41.9. The van der Waals surface area contributed by atoms with E-state index in [2.05, 4.69) is 76.3 Å². The van der Waals surface area contributed by atoms with Gasteiger partial charge in [-0.1, -0.05) is 282 Å². The van der Waals surface area contributed by atoms with Crippen molar-refractivity contribution in [1.29, 1.82) is 0 Å². The third kappa shape index (κ3) is 69.5. The number of hydrogen-bond donors (Lipinski definition) is 3. The average molecular weight is 1400 g/mol. The van der Waals surface area contributed by atoms with Gasteiger partial charge in [-0.05, 0) is 103 Å². The summed E-state index contributed by atoms with van der Waals surface area (Å²) in [5, 5.41) is 10.6. The van der Waals surface area contributed by atoms with Gasteiger partial charge < -0.3 is 33.8 Å². The van der Waals surface area contributed by atoms with Crippen molar-refractivity contribution in [2.75, 3.05) is 39.6 Å². The zero-order valence-electron chi connectivity index (χ0n) is 61.3. The fourth-order valence-corrected chi connectivity index (χ4v) is 12.4. The maximum absolute atomic E-state index is 13.1. The number of carbonyl (C=O) groups is 4. The zero-order valence-corrected chi connectivity index (χ0v) is 63.1. The molecule has 0 radical (unpaired) electrons. The van der Waals surface area contributed by atoms with Crippen LogP contribution in [0.2, 0.25) is 0 Å². The van der Waals surface area contributed by atoms with Crippen molar-refractivity contribution in [3.8, 4) is 0 Å². The standard InChI is InChI=1S/C77H142O17P2/c1-5-9-13-17-21-25-29-33-35-39-41-45-49-53-57-61-74(79)87-67-72(93-76(81)63-59-55-51-47-43-37-31-27-23-19-15-11-7-3)69-91-95(83,84)89-65-71(78)66-90-96(85,86)92-70-73(94-77(82)64-60-56-52-48-44-38-32-28-24-20-16-12-8-4)68-88-75(80)62-58-54-50-46-42-40-36-34-30-26-22-18-14-10-6-2/h25,27,29,31,33-36,71-73,78H,5-24,26,28,30,32,37-70H2,1-4H3,(H,83,84)(H,85,86)/b29-25-,31-27-,35-33-,36-34-/t71-,72-,73-/m1/s1. The Hall–Kier alpha value is -2.98. The summed E-state index contributed by atoms with van der Waals surface area (Å²) >= 11 is 0. The second-order valence-electron chi connectivity index (χ2n) is 26.3. The summed E-state index contributed by atoms with van der Waals surface area (Å²) in [6.07, 6.45) is 66.6. The predicted molar refractivity (Wildman–Crippen MR) is 390 cm³/mol. The Bertz CT molecular complexity index is 2010. The van der Waals surface area contributed by atoms with Gasteiger partial charge in [0.1, 0.15) is 19.3 Å². The van der Waals surface area contributed by atoms with E-state index in [9.17, 15) is 43.2 Å². The lowest BCUT2D eigenvalue weighted by Gasteiger charge is -2.21. The van der Waals surface area contributed by atoms with Crippen molar-refractivity contribution in [2.45, 2.75) is 380 Å². The molecule has 17 nitrogen and oxygen atoms in total. The van der Waals surface area contributed by atoms with Crippen LogP contribution in [-0.4, -0.2) is 96.7 Å². The molecule has 5 atom stereocenters. The lowest BCUT2D eigenvalue weighted by atomic mass is 10.0. The minimum atomic E-state index is -4.97. The van der Waals surface area contributed by atoms with E-state index >= 15 is 0 Å². The van der Waals surface area contributed by atoms with Crippen LogP contribution in [-0.2, 0) is 65.4 Å². The number of rotatable bonds is 74. The SMILES string of the molecule is CCCCCC/C=C\C=C/CCCCCCCC(=O)OC[C@H](COP(=O)(O)OC[C@@H](O)COP(=O)(O)OC[C@@H](COC(=O)CCCCCCC/C=C\CCCCCCCC)OC(=O)CCCCCCCCCCCCCCC)OC(=O)CCCCCCC/C=C\CCCCCC. The fraction of sp³-hybridized carbons (Fsp3) is 0.844. The van der Waals surface area contributed by atoms with Gasteiger partial charge in [0.05, 0.1) is 26.4 Å². The van der Waals surface area contributed by atoms with Crippen LogP contribution in [0.15, 0.2) is 48.6 Å². The maximum atomic E-state index is 13.1. The Balaban J connectivity index is 5.32. The third-order valence-corrected chi connectivity index (χ3v) is 18.7. The molecule has 0 aromatic carbocycles. The Morgan fingerprint density at radius 3 is 0.792 bits per heavy atom. The van der Waals surface area contributed by atoms with Crippen LogP contribution < -0.4 is 0 Å². The molecule has 0 aromatic rings. The highest BCUT2D eigenvalue weighted by atomic mass is 31.2. The smallest absolute Gasteiger partial charge is 0.462 e. The summed E-state index contributed by atoms with van der Waals surface area (Å²) in [5.74, 6) is -2.18. The van der Waals surface area contributed by atoms with Crippen molar-refractivity contribution >= 4 is 39.5 Å². The van der Waals surface area contributed by atoms with E-state index in [0.717, 1.165) is 141 Å². The molecule has 0 spiro atoms. The first kappa shape index (κ1) is 93.0. The van der Waals surface area contributed by atoms with Crippen LogP contribution in [0, 0.1) is 0 Å². The number of allylic oxidation sites excluding steroid dienone is 8. The van der Waals surface area contributed by atoms with E-state index in [4.69, 9.17) is 37.0 Å². The van der Waals surface area contributed by atoms with Crippen molar-refractivity contribution in [2.24, 2.45) is 0 Å². The monoisotopic (exact) mass is 1400 g/mol. The van der Waals surface area contributed by atoms with Gasteiger partial charge >= 0.3 is 39.5 Å². The van der Waals surface area contributed by atoms with Crippen LogP contribution in [0.25, 0.3) is 0 Å². The highest BCUT2D eigenvalue weighted by Gasteiger charge is 2.30. The highest BCUT2D eigenvalue weighted by molar-refractivity contribution is 7.47. The minimum absolute atomic E-state index is 0.0860. The number of aliphatic hydroxyl groups is 1. The van der Waals surface area contributed by atoms with Crippen LogP contribution in [0.3, 0.4) is 0 Å². The van der Waals surface area contributed by atoms with Crippen molar-refractivity contribution in [3.05, 3.63) is 48.6 Å². The topological polar surface area (TPSA) is 237 Å². The first-order chi connectivity index (χ1) is 46.7. The van der Waals surface area contributed by atoms with E-state index in [1.165, 1.54) is 141 Å². The van der Waals surface area contributed by atoms with E-state index in [1.54, 1.807) is 0 Å². The molecule has 562 valence electrons. The fourth-order valence-electron chi connectivity index (χ4n) is 10.8. The second kappa shape index (κ2) is 70.5. The quantitative estimate of drug-likeness (QED) is 0.0128. The van der Waals surface area contributed by atoms with Gasteiger partial charge in [0.2, 0.25) is 0 Å². The molecule has 0 bridgehead atoms. The molecule has 0 aliphatic heterocycles. The molecule has 96 heavy (non-hydrogen) atoms. The molecule has 0 saturated carbocycles. The average Bonchev–Trinajstić information content (AvgIpc) is 1.14. The zero-order chi connectivity index (χ0) is 70.4. The number of carbonyl (C=O) groups excluding carboxylic acids is 4. The van der Waals surface area contributed by atoms with Gasteiger partial charge in [-0.2, -0.15) is 0 Å². The minimum Gasteiger partial charge on any atom is -0.462 e. The molecule has 0 fully saturated rings. The van der Waals surface area contributed by atoms with Crippen LogP contribution in [0.5, 0.6) is 0 Å². The van der Waals surface area contributed by atoms with Crippen molar-refractivity contribution < 1.29 is 80.2 Å².